The monoisotopic (exact) mass is 308 g/mol. The molecule has 1 unspecified atom stereocenters. The van der Waals surface area contributed by atoms with Crippen LogP contribution in [0.5, 0.6) is 0 Å². The molecular formula is C18H32N2O2. The summed E-state index contributed by atoms with van der Waals surface area (Å²) in [6, 6.07) is 0. The molecule has 0 bridgehead atoms. The van der Waals surface area contributed by atoms with Crippen molar-refractivity contribution < 1.29 is 9.90 Å². The van der Waals surface area contributed by atoms with Gasteiger partial charge in [0.25, 0.3) is 0 Å². The highest BCUT2D eigenvalue weighted by molar-refractivity contribution is 5.77. The maximum Gasteiger partial charge on any atom is 0.225 e. The number of aliphatic hydroxyl groups is 1. The van der Waals surface area contributed by atoms with Crippen LogP contribution in [0.1, 0.15) is 64.2 Å². The van der Waals surface area contributed by atoms with E-state index >= 15 is 0 Å². The molecule has 1 amide bonds. The summed E-state index contributed by atoms with van der Waals surface area (Å²) in [5.74, 6) is 0.821. The number of rotatable bonds is 4. The lowest BCUT2D eigenvalue weighted by atomic mass is 9.93. The van der Waals surface area contributed by atoms with Crippen LogP contribution in [0.2, 0.25) is 0 Å². The van der Waals surface area contributed by atoms with Gasteiger partial charge in [0, 0.05) is 19.6 Å². The molecule has 2 heterocycles. The van der Waals surface area contributed by atoms with Crippen molar-refractivity contribution in [3.63, 3.8) is 0 Å². The Morgan fingerprint density at radius 3 is 2.45 bits per heavy atom. The molecule has 4 heteroatoms. The standard InChI is InChI=1S/C18H32N2O2/c21-17(13-18(22)8-2-3-9-18)20-12-6-7-16(15-20)14-19-10-4-1-5-11-19/h16,22H,1-15H2. The number of hydrogen-bond acceptors (Lipinski definition) is 3. The summed E-state index contributed by atoms with van der Waals surface area (Å²) in [6.45, 7) is 5.44. The molecule has 4 nitrogen and oxygen atoms in total. The fraction of sp³-hybridized carbons (Fsp3) is 0.944. The summed E-state index contributed by atoms with van der Waals surface area (Å²) in [6.07, 6.45) is 10.5. The Morgan fingerprint density at radius 2 is 1.73 bits per heavy atom. The topological polar surface area (TPSA) is 43.8 Å². The molecule has 3 rings (SSSR count). The lowest BCUT2D eigenvalue weighted by molar-refractivity contribution is -0.138. The number of piperidine rings is 2. The number of carbonyl (C=O) groups is 1. The van der Waals surface area contributed by atoms with Gasteiger partial charge in [-0.15, -0.1) is 0 Å². The molecular weight excluding hydrogens is 276 g/mol. The van der Waals surface area contributed by atoms with Crippen LogP contribution < -0.4 is 0 Å². The maximum absolute atomic E-state index is 12.5. The van der Waals surface area contributed by atoms with Gasteiger partial charge in [-0.25, -0.2) is 0 Å². The quantitative estimate of drug-likeness (QED) is 0.867. The lowest BCUT2D eigenvalue weighted by Gasteiger charge is -2.37. The second-order valence-electron chi connectivity index (χ2n) is 7.82. The van der Waals surface area contributed by atoms with Gasteiger partial charge >= 0.3 is 0 Å². The van der Waals surface area contributed by atoms with Gasteiger partial charge in [0.05, 0.1) is 12.0 Å². The molecule has 1 atom stereocenters. The van der Waals surface area contributed by atoms with Gasteiger partial charge < -0.3 is 14.9 Å². The zero-order valence-corrected chi connectivity index (χ0v) is 13.9. The smallest absolute Gasteiger partial charge is 0.225 e. The molecule has 22 heavy (non-hydrogen) atoms. The lowest BCUT2D eigenvalue weighted by Crippen LogP contribution is -2.46. The average Bonchev–Trinajstić information content (AvgIpc) is 2.95. The highest BCUT2D eigenvalue weighted by Gasteiger charge is 2.36. The third-order valence-electron chi connectivity index (χ3n) is 5.85. The van der Waals surface area contributed by atoms with Gasteiger partial charge in [-0.3, -0.25) is 4.79 Å². The summed E-state index contributed by atoms with van der Waals surface area (Å²) in [7, 11) is 0. The first-order chi connectivity index (χ1) is 10.6. The molecule has 1 N–H and O–H groups in total. The van der Waals surface area contributed by atoms with Crippen LogP contribution >= 0.6 is 0 Å². The number of likely N-dealkylation sites (tertiary alicyclic amines) is 2. The third kappa shape index (κ3) is 4.23. The zero-order chi connectivity index (χ0) is 15.4. The van der Waals surface area contributed by atoms with E-state index in [4.69, 9.17) is 0 Å². The molecule has 0 spiro atoms. The summed E-state index contributed by atoms with van der Waals surface area (Å²) in [5.41, 5.74) is -0.698. The predicted molar refractivity (Wildman–Crippen MR) is 87.6 cm³/mol. The number of nitrogens with zero attached hydrogens (tertiary/aromatic N) is 2. The fourth-order valence-corrected chi connectivity index (χ4v) is 4.55. The van der Waals surface area contributed by atoms with Crippen molar-refractivity contribution in [2.45, 2.75) is 69.8 Å². The average molecular weight is 308 g/mol. The number of carbonyl (C=O) groups excluding carboxylic acids is 1. The Hall–Kier alpha value is -0.610. The van der Waals surface area contributed by atoms with Gasteiger partial charge in [0.1, 0.15) is 0 Å². The minimum atomic E-state index is -0.698. The van der Waals surface area contributed by atoms with E-state index in [1.165, 1.54) is 38.8 Å². The summed E-state index contributed by atoms with van der Waals surface area (Å²) in [4.78, 5) is 17.2. The van der Waals surface area contributed by atoms with E-state index in [9.17, 15) is 9.90 Å². The van der Waals surface area contributed by atoms with Crippen molar-refractivity contribution >= 4 is 5.91 Å². The Bertz CT molecular complexity index is 373. The normalized spacial score (nSPS) is 29.7. The van der Waals surface area contributed by atoms with E-state index in [1.807, 2.05) is 4.90 Å². The summed E-state index contributed by atoms with van der Waals surface area (Å²) in [5, 5.41) is 10.5. The Labute approximate surface area is 134 Å². The molecule has 1 saturated carbocycles. The van der Waals surface area contributed by atoms with Crippen molar-refractivity contribution in [1.82, 2.24) is 9.80 Å². The second kappa shape index (κ2) is 7.31. The van der Waals surface area contributed by atoms with E-state index in [0.717, 1.165) is 51.7 Å². The summed E-state index contributed by atoms with van der Waals surface area (Å²) < 4.78 is 0. The third-order valence-corrected chi connectivity index (χ3v) is 5.85. The molecule has 2 saturated heterocycles. The minimum Gasteiger partial charge on any atom is -0.389 e. The number of hydrogen-bond donors (Lipinski definition) is 1. The SMILES string of the molecule is O=C(CC1(O)CCCC1)N1CCCC(CN2CCCCC2)C1. The van der Waals surface area contributed by atoms with Crippen LogP contribution in [0.15, 0.2) is 0 Å². The van der Waals surface area contributed by atoms with Crippen molar-refractivity contribution in [3.05, 3.63) is 0 Å². The molecule has 0 radical (unpaired) electrons. The highest BCUT2D eigenvalue weighted by atomic mass is 16.3. The first-order valence-electron chi connectivity index (χ1n) is 9.37. The number of amides is 1. The Kier molecular flexibility index (Phi) is 5.40. The van der Waals surface area contributed by atoms with E-state index < -0.39 is 5.60 Å². The first kappa shape index (κ1) is 16.3. The van der Waals surface area contributed by atoms with Crippen LogP contribution in [-0.2, 0) is 4.79 Å². The fourth-order valence-electron chi connectivity index (χ4n) is 4.55. The molecule has 0 aromatic carbocycles. The van der Waals surface area contributed by atoms with Crippen molar-refractivity contribution in [3.8, 4) is 0 Å². The van der Waals surface area contributed by atoms with Gasteiger partial charge in [0.2, 0.25) is 5.91 Å². The van der Waals surface area contributed by atoms with Gasteiger partial charge in [-0.1, -0.05) is 19.3 Å². The van der Waals surface area contributed by atoms with Gasteiger partial charge in [-0.05, 0) is 57.5 Å². The minimum absolute atomic E-state index is 0.188. The van der Waals surface area contributed by atoms with Crippen LogP contribution in [-0.4, -0.2) is 59.1 Å². The Morgan fingerprint density at radius 1 is 1.00 bits per heavy atom. The van der Waals surface area contributed by atoms with Crippen LogP contribution in [0.3, 0.4) is 0 Å². The van der Waals surface area contributed by atoms with Crippen LogP contribution in [0.4, 0.5) is 0 Å². The largest absolute Gasteiger partial charge is 0.389 e. The van der Waals surface area contributed by atoms with Crippen LogP contribution in [0, 0.1) is 5.92 Å². The second-order valence-corrected chi connectivity index (χ2v) is 7.82. The molecule has 3 fully saturated rings. The molecule has 1 aliphatic carbocycles. The van der Waals surface area contributed by atoms with Crippen molar-refractivity contribution in [1.29, 1.82) is 0 Å². The highest BCUT2D eigenvalue weighted by Crippen LogP contribution is 2.33. The molecule has 2 aliphatic heterocycles. The zero-order valence-electron chi connectivity index (χ0n) is 13.9. The van der Waals surface area contributed by atoms with Crippen LogP contribution in [0.25, 0.3) is 0 Å². The Balaban J connectivity index is 1.48. The molecule has 0 aromatic rings. The van der Waals surface area contributed by atoms with E-state index in [2.05, 4.69) is 4.90 Å². The maximum atomic E-state index is 12.5. The summed E-state index contributed by atoms with van der Waals surface area (Å²) >= 11 is 0. The van der Waals surface area contributed by atoms with E-state index in [0.29, 0.717) is 12.3 Å². The van der Waals surface area contributed by atoms with Crippen molar-refractivity contribution in [2.75, 3.05) is 32.7 Å². The molecule has 0 aromatic heterocycles. The predicted octanol–water partition coefficient (Wildman–Crippen LogP) is 2.41. The van der Waals surface area contributed by atoms with Crippen molar-refractivity contribution in [2.24, 2.45) is 5.92 Å². The molecule has 126 valence electrons. The first-order valence-corrected chi connectivity index (χ1v) is 9.37. The molecule has 3 aliphatic rings. The van der Waals surface area contributed by atoms with Gasteiger partial charge in [-0.2, -0.15) is 0 Å². The van der Waals surface area contributed by atoms with E-state index in [-0.39, 0.29) is 5.91 Å². The van der Waals surface area contributed by atoms with Gasteiger partial charge in [0.15, 0.2) is 0 Å². The van der Waals surface area contributed by atoms with E-state index in [1.54, 1.807) is 0 Å².